The molecule has 0 spiro atoms. The molecule has 0 aliphatic rings. The van der Waals surface area contributed by atoms with Gasteiger partial charge in [-0.15, -0.1) is 10.2 Å². The van der Waals surface area contributed by atoms with Crippen LogP contribution in [0.25, 0.3) is 22.4 Å². The Bertz CT molecular complexity index is 1110. The lowest BCUT2D eigenvalue weighted by molar-refractivity contribution is 0.306. The van der Waals surface area contributed by atoms with Crippen LogP contribution in [-0.2, 0) is 6.61 Å². The minimum Gasteiger partial charge on any atom is -0.489 e. The van der Waals surface area contributed by atoms with Crippen molar-refractivity contribution >= 4 is 11.0 Å². The molecule has 0 saturated carbocycles. The zero-order chi connectivity index (χ0) is 18.1. The number of hydrogen-bond donors (Lipinski definition) is 0. The van der Waals surface area contributed by atoms with Crippen LogP contribution in [0.2, 0.25) is 0 Å². The molecule has 0 bridgehead atoms. The Labute approximate surface area is 149 Å². The minimum absolute atomic E-state index is 0.268. The molecule has 0 aliphatic heterocycles. The van der Waals surface area contributed by atoms with Crippen LogP contribution in [0.5, 0.6) is 5.75 Å². The van der Waals surface area contributed by atoms with Crippen molar-refractivity contribution in [1.29, 1.82) is 0 Å². The Kier molecular flexibility index (Phi) is 4.01. The summed E-state index contributed by atoms with van der Waals surface area (Å²) in [6.45, 7) is 4.29. The molecular weight excluding hydrogens is 332 g/mol. The van der Waals surface area contributed by atoms with E-state index >= 15 is 0 Å². The van der Waals surface area contributed by atoms with Gasteiger partial charge in [0.2, 0.25) is 12.3 Å². The molecule has 130 valence electrons. The van der Waals surface area contributed by atoms with Crippen molar-refractivity contribution in [3.05, 3.63) is 76.0 Å². The van der Waals surface area contributed by atoms with Gasteiger partial charge in [0.15, 0.2) is 0 Å². The molecule has 26 heavy (non-hydrogen) atoms. The zero-order valence-corrected chi connectivity index (χ0v) is 14.4. The van der Waals surface area contributed by atoms with Crippen molar-refractivity contribution in [2.24, 2.45) is 0 Å². The van der Waals surface area contributed by atoms with Gasteiger partial charge in [-0.05, 0) is 61.4 Å². The van der Waals surface area contributed by atoms with Crippen LogP contribution in [0.1, 0.15) is 16.7 Å². The summed E-state index contributed by atoms with van der Waals surface area (Å²) in [5.74, 6) is 1.13. The molecule has 0 N–H and O–H groups in total. The van der Waals surface area contributed by atoms with Gasteiger partial charge in [-0.3, -0.25) is 0 Å². The number of aryl methyl sites for hydroxylation is 2. The van der Waals surface area contributed by atoms with E-state index in [2.05, 4.69) is 10.2 Å². The van der Waals surface area contributed by atoms with Gasteiger partial charge in [0.1, 0.15) is 17.9 Å². The minimum atomic E-state index is -0.383. The third kappa shape index (κ3) is 3.09. The Morgan fingerprint density at radius 3 is 2.54 bits per heavy atom. The first-order chi connectivity index (χ1) is 12.6. The molecule has 0 radical (unpaired) electrons. The molecule has 0 atom stereocenters. The fourth-order valence-electron chi connectivity index (χ4n) is 2.76. The summed E-state index contributed by atoms with van der Waals surface area (Å²) in [7, 11) is 0. The number of fused-ring (bicyclic) bond motifs is 1. The van der Waals surface area contributed by atoms with Gasteiger partial charge in [0, 0.05) is 22.6 Å². The summed E-state index contributed by atoms with van der Waals surface area (Å²) in [5, 5.41) is 8.41. The molecule has 0 unspecified atom stereocenters. The number of rotatable bonds is 4. The van der Waals surface area contributed by atoms with Crippen LogP contribution in [0.4, 0.5) is 0 Å². The van der Waals surface area contributed by atoms with Crippen molar-refractivity contribution in [2.75, 3.05) is 0 Å². The Balaban J connectivity index is 1.60. The van der Waals surface area contributed by atoms with Crippen molar-refractivity contribution in [2.45, 2.75) is 20.5 Å². The monoisotopic (exact) mass is 348 g/mol. The van der Waals surface area contributed by atoms with Gasteiger partial charge in [0.05, 0.1) is 0 Å². The largest absolute Gasteiger partial charge is 0.489 e. The average molecular weight is 348 g/mol. The second-order valence-corrected chi connectivity index (χ2v) is 6.08. The zero-order valence-electron chi connectivity index (χ0n) is 14.4. The standard InChI is InChI=1S/C20H16N2O4/c1-12-7-17-15(9-19(23)26-18(17)8-13(12)2)10-24-16-5-3-14(4-6-16)20-22-21-11-25-20/h3-9,11H,10H2,1-2H3. The summed E-state index contributed by atoms with van der Waals surface area (Å²) in [4.78, 5) is 11.8. The van der Waals surface area contributed by atoms with E-state index in [9.17, 15) is 4.79 Å². The maximum Gasteiger partial charge on any atom is 0.336 e. The fourth-order valence-corrected chi connectivity index (χ4v) is 2.76. The maximum atomic E-state index is 11.8. The summed E-state index contributed by atoms with van der Waals surface area (Å²) < 4.78 is 16.3. The molecule has 4 rings (SSSR count). The van der Waals surface area contributed by atoms with Gasteiger partial charge >= 0.3 is 5.63 Å². The molecule has 4 aromatic rings. The van der Waals surface area contributed by atoms with Gasteiger partial charge in [-0.2, -0.15) is 0 Å². The van der Waals surface area contributed by atoms with E-state index < -0.39 is 0 Å². The van der Waals surface area contributed by atoms with Gasteiger partial charge in [0.25, 0.3) is 0 Å². The number of nitrogens with zero attached hydrogens (tertiary/aromatic N) is 2. The van der Waals surface area contributed by atoms with Gasteiger partial charge < -0.3 is 13.6 Å². The number of ether oxygens (including phenoxy) is 1. The van der Waals surface area contributed by atoms with Crippen LogP contribution in [0, 0.1) is 13.8 Å². The van der Waals surface area contributed by atoms with Crippen molar-refractivity contribution < 1.29 is 13.6 Å². The maximum absolute atomic E-state index is 11.8. The molecule has 2 aromatic carbocycles. The smallest absolute Gasteiger partial charge is 0.336 e. The lowest BCUT2D eigenvalue weighted by Gasteiger charge is -2.10. The molecule has 2 heterocycles. The molecule has 0 fully saturated rings. The number of hydrogen-bond acceptors (Lipinski definition) is 6. The van der Waals surface area contributed by atoms with E-state index in [1.807, 2.05) is 50.2 Å². The predicted octanol–water partition coefficient (Wildman–Crippen LogP) is 4.04. The van der Waals surface area contributed by atoms with Crippen LogP contribution >= 0.6 is 0 Å². The topological polar surface area (TPSA) is 78.4 Å². The molecule has 6 heteroatoms. The SMILES string of the molecule is Cc1cc2oc(=O)cc(COc3ccc(-c4nnco4)cc3)c2cc1C. The lowest BCUT2D eigenvalue weighted by Crippen LogP contribution is -2.04. The second-order valence-electron chi connectivity index (χ2n) is 6.08. The van der Waals surface area contributed by atoms with Crippen molar-refractivity contribution in [1.82, 2.24) is 10.2 Å². The second kappa shape index (κ2) is 6.48. The van der Waals surface area contributed by atoms with E-state index in [1.54, 1.807) is 0 Å². The predicted molar refractivity (Wildman–Crippen MR) is 96.0 cm³/mol. The summed E-state index contributed by atoms with van der Waals surface area (Å²) in [5.41, 5.74) is 4.01. The van der Waals surface area contributed by atoms with Crippen LogP contribution in [0.15, 0.2) is 62.5 Å². The summed E-state index contributed by atoms with van der Waals surface area (Å²) >= 11 is 0. The molecule has 6 nitrogen and oxygen atoms in total. The van der Waals surface area contributed by atoms with Gasteiger partial charge in [-0.25, -0.2) is 4.79 Å². The van der Waals surface area contributed by atoms with E-state index in [-0.39, 0.29) is 12.2 Å². The lowest BCUT2D eigenvalue weighted by atomic mass is 10.0. The van der Waals surface area contributed by atoms with Crippen LogP contribution in [-0.4, -0.2) is 10.2 Å². The van der Waals surface area contributed by atoms with Crippen LogP contribution < -0.4 is 10.4 Å². The summed E-state index contributed by atoms with van der Waals surface area (Å²) in [6.07, 6.45) is 1.29. The van der Waals surface area contributed by atoms with E-state index in [0.717, 1.165) is 27.6 Å². The molecular formula is C20H16N2O4. The van der Waals surface area contributed by atoms with E-state index in [1.165, 1.54) is 12.5 Å². The Hall–Kier alpha value is -3.41. The highest BCUT2D eigenvalue weighted by Gasteiger charge is 2.09. The first kappa shape index (κ1) is 16.1. The number of aromatic nitrogens is 2. The average Bonchev–Trinajstić information content (AvgIpc) is 3.16. The Morgan fingerprint density at radius 2 is 1.81 bits per heavy atom. The van der Waals surface area contributed by atoms with Gasteiger partial charge in [-0.1, -0.05) is 0 Å². The van der Waals surface area contributed by atoms with Crippen LogP contribution in [0.3, 0.4) is 0 Å². The highest BCUT2D eigenvalue weighted by molar-refractivity contribution is 5.81. The molecule has 0 aliphatic carbocycles. The number of benzene rings is 2. The molecule has 0 amide bonds. The van der Waals surface area contributed by atoms with E-state index in [4.69, 9.17) is 13.6 Å². The summed E-state index contributed by atoms with van der Waals surface area (Å²) in [6, 6.07) is 12.7. The van der Waals surface area contributed by atoms with E-state index in [0.29, 0.717) is 17.2 Å². The quantitative estimate of drug-likeness (QED) is 0.518. The Morgan fingerprint density at radius 1 is 1.04 bits per heavy atom. The van der Waals surface area contributed by atoms with Crippen molar-refractivity contribution in [3.8, 4) is 17.2 Å². The first-order valence-electron chi connectivity index (χ1n) is 8.13. The first-order valence-corrected chi connectivity index (χ1v) is 8.13. The van der Waals surface area contributed by atoms with Crippen molar-refractivity contribution in [3.63, 3.8) is 0 Å². The fraction of sp³-hybridized carbons (Fsp3) is 0.150. The third-order valence-electron chi connectivity index (χ3n) is 4.30. The normalized spacial score (nSPS) is 11.0. The highest BCUT2D eigenvalue weighted by atomic mass is 16.5. The molecule has 0 saturated heterocycles. The highest BCUT2D eigenvalue weighted by Crippen LogP contribution is 2.24. The molecule has 2 aromatic heterocycles. The third-order valence-corrected chi connectivity index (χ3v) is 4.30.